The summed E-state index contributed by atoms with van der Waals surface area (Å²) >= 11 is 0. The lowest BCUT2D eigenvalue weighted by Crippen LogP contribution is -2.09. The van der Waals surface area contributed by atoms with Crippen molar-refractivity contribution in [1.29, 1.82) is 0 Å². The minimum absolute atomic E-state index is 0.861. The number of methoxy groups -OCH3 is 4. The smallest absolute Gasteiger partial charge is 0.119 e. The number of hydrogen-bond acceptors (Lipinski definition) is 4. The minimum atomic E-state index is 0.861. The van der Waals surface area contributed by atoms with Crippen molar-refractivity contribution in [2.75, 3.05) is 28.4 Å². The minimum Gasteiger partial charge on any atom is -0.497 e. The molecule has 0 unspecified atom stereocenters. The van der Waals surface area contributed by atoms with Gasteiger partial charge in [0.2, 0.25) is 0 Å². The molecule has 0 atom stereocenters. The number of hydrogen-bond donors (Lipinski definition) is 0. The first-order valence-electron chi connectivity index (χ1n) is 23.8. The second-order valence-corrected chi connectivity index (χ2v) is 20.6. The Hall–Kier alpha value is -6.96. The van der Waals surface area contributed by atoms with Gasteiger partial charge in [-0.2, -0.15) is 0 Å². The van der Waals surface area contributed by atoms with Gasteiger partial charge in [0.15, 0.2) is 0 Å². The van der Waals surface area contributed by atoms with Crippen LogP contribution in [-0.2, 0) is 0 Å². The van der Waals surface area contributed by atoms with E-state index >= 15 is 0 Å². The molecular formula is C64H60O4P2. The van der Waals surface area contributed by atoms with Gasteiger partial charge in [0, 0.05) is 31.6 Å². The van der Waals surface area contributed by atoms with Gasteiger partial charge >= 0.3 is 0 Å². The lowest BCUT2D eigenvalue weighted by atomic mass is 9.90. The van der Waals surface area contributed by atoms with E-state index in [1.54, 1.807) is 28.4 Å². The monoisotopic (exact) mass is 954 g/mol. The standard InChI is InChI=1S/C64H60O4P2/c1-37-29-47(65-9)30-38(2)55(37)51-25-19-26-52(56-39(3)31-48(66-10)32-40(56)4)61(51)69-63-59(45-21-15-13-16-22-45)60(46-23-17-14-18-24-46)64(63)70-62-53(57-41(5)33-49(67-11)34-42(57)6)27-20-28-54(62)58-43(7)35-50(68-12)36-44(58)8/h13-36H,1-12H3. The van der Waals surface area contributed by atoms with Gasteiger partial charge in [-0.15, -0.1) is 0 Å². The summed E-state index contributed by atoms with van der Waals surface area (Å²) in [6, 6.07) is 53.1. The zero-order chi connectivity index (χ0) is 49.4. The molecule has 0 saturated heterocycles. The summed E-state index contributed by atoms with van der Waals surface area (Å²) in [6.45, 7) is 17.7. The van der Waals surface area contributed by atoms with Gasteiger partial charge in [-0.3, -0.25) is 0 Å². The molecule has 9 aromatic carbocycles. The molecule has 0 fully saturated rings. The van der Waals surface area contributed by atoms with Crippen LogP contribution in [0.5, 0.6) is 23.0 Å². The van der Waals surface area contributed by atoms with E-state index in [2.05, 4.69) is 201 Å². The van der Waals surface area contributed by atoms with Gasteiger partial charge in [-0.05, 0) is 204 Å². The van der Waals surface area contributed by atoms with Crippen LogP contribution >= 0.6 is 16.4 Å². The fourth-order valence-electron chi connectivity index (χ4n) is 10.6. The maximum atomic E-state index is 5.82. The van der Waals surface area contributed by atoms with E-state index in [-0.39, 0.29) is 0 Å². The molecule has 0 aliphatic rings. The molecule has 0 amide bonds. The first kappa shape index (κ1) is 48.1. The topological polar surface area (TPSA) is 36.9 Å². The van der Waals surface area contributed by atoms with Crippen molar-refractivity contribution in [2.24, 2.45) is 0 Å². The fourth-order valence-corrected chi connectivity index (χ4v) is 13.7. The van der Waals surface area contributed by atoms with Gasteiger partial charge in [0.1, 0.15) is 23.0 Å². The molecule has 0 N–H and O–H groups in total. The van der Waals surface area contributed by atoms with Crippen LogP contribution < -0.4 is 29.6 Å². The van der Waals surface area contributed by atoms with Crippen LogP contribution in [0.25, 0.3) is 66.8 Å². The highest BCUT2D eigenvalue weighted by Crippen LogP contribution is 2.47. The van der Waals surface area contributed by atoms with Crippen LogP contribution in [0.3, 0.4) is 0 Å². The quantitative estimate of drug-likeness (QED) is 0.114. The SMILES string of the molecule is COc1cc(C)c(-c2cccc(-c3c(C)cc(OC)cc3C)c2P=c2c(-c3ccccc3)c(-c3ccccc3)c2=Pc2c(-c3c(C)cc(OC)cc3C)cccc2-c2c(C)cc(OC)cc2C)c(C)c1. The number of benzene rings is 8. The van der Waals surface area contributed by atoms with Crippen molar-refractivity contribution in [3.05, 3.63) is 200 Å². The molecule has 0 aliphatic heterocycles. The number of ether oxygens (including phenoxy) is 4. The van der Waals surface area contributed by atoms with Crippen molar-refractivity contribution in [1.82, 2.24) is 0 Å². The highest BCUT2D eigenvalue weighted by molar-refractivity contribution is 7.43. The largest absolute Gasteiger partial charge is 0.497 e. The summed E-state index contributed by atoms with van der Waals surface area (Å²) in [5, 5.41) is 2.52. The second kappa shape index (κ2) is 20.2. The lowest BCUT2D eigenvalue weighted by Gasteiger charge is -2.23. The molecule has 350 valence electrons. The lowest BCUT2D eigenvalue weighted by molar-refractivity contribution is 0.414. The van der Waals surface area contributed by atoms with E-state index in [9.17, 15) is 0 Å². The molecular weight excluding hydrogens is 895 g/mol. The van der Waals surface area contributed by atoms with Crippen molar-refractivity contribution in [3.63, 3.8) is 0 Å². The molecule has 70 heavy (non-hydrogen) atoms. The third-order valence-corrected chi connectivity index (χ3v) is 16.6. The van der Waals surface area contributed by atoms with Crippen LogP contribution in [0.15, 0.2) is 146 Å². The van der Waals surface area contributed by atoms with E-state index in [1.165, 1.54) is 132 Å². The molecule has 4 nitrogen and oxygen atoms in total. The molecule has 0 spiro atoms. The molecule has 0 aliphatic carbocycles. The van der Waals surface area contributed by atoms with E-state index < -0.39 is 0 Å². The Morgan fingerprint density at radius 2 is 0.500 bits per heavy atom. The van der Waals surface area contributed by atoms with Crippen molar-refractivity contribution >= 4 is 27.0 Å². The molecule has 0 saturated carbocycles. The zero-order valence-electron chi connectivity index (χ0n) is 42.4. The normalized spacial score (nSPS) is 11.9. The summed E-state index contributed by atoms with van der Waals surface area (Å²) in [4.78, 5) is 2.61. The molecule has 9 aromatic rings. The van der Waals surface area contributed by atoms with Crippen molar-refractivity contribution < 1.29 is 18.9 Å². The summed E-state index contributed by atoms with van der Waals surface area (Å²) in [5.41, 5.74) is 24.1. The molecule has 0 heterocycles. The predicted octanol–water partition coefficient (Wildman–Crippen LogP) is 16.7. The van der Waals surface area contributed by atoms with Crippen LogP contribution in [0, 0.1) is 65.3 Å². The van der Waals surface area contributed by atoms with E-state index in [0.29, 0.717) is 0 Å². The summed E-state index contributed by atoms with van der Waals surface area (Å²) < 4.78 is 23.3. The Morgan fingerprint density at radius 3 is 0.714 bits per heavy atom. The Kier molecular flexibility index (Phi) is 13.9. The summed E-state index contributed by atoms with van der Waals surface area (Å²) in [6.07, 6.45) is 0. The highest BCUT2D eigenvalue weighted by Gasteiger charge is 2.25. The first-order valence-corrected chi connectivity index (χ1v) is 25.6. The third-order valence-electron chi connectivity index (χ3n) is 13.6. The van der Waals surface area contributed by atoms with E-state index in [1.807, 2.05) is 0 Å². The Morgan fingerprint density at radius 1 is 0.271 bits per heavy atom. The van der Waals surface area contributed by atoms with Crippen LogP contribution in [0.1, 0.15) is 44.5 Å². The zero-order valence-corrected chi connectivity index (χ0v) is 44.2. The number of aryl methyl sites for hydroxylation is 8. The van der Waals surface area contributed by atoms with Crippen LogP contribution in [0.4, 0.5) is 0 Å². The first-order chi connectivity index (χ1) is 33.8. The van der Waals surface area contributed by atoms with Gasteiger partial charge in [0.05, 0.1) is 28.4 Å². The Bertz CT molecular complexity index is 3070. The summed E-state index contributed by atoms with van der Waals surface area (Å²) in [5.74, 6) is 3.44. The second-order valence-electron chi connectivity index (χ2n) is 18.4. The Labute approximate surface area is 417 Å². The van der Waals surface area contributed by atoms with Gasteiger partial charge in [0.25, 0.3) is 0 Å². The molecule has 0 bridgehead atoms. The summed E-state index contributed by atoms with van der Waals surface area (Å²) in [7, 11) is 9.19. The van der Waals surface area contributed by atoms with E-state index in [4.69, 9.17) is 18.9 Å². The third kappa shape index (κ3) is 8.92. The molecule has 9 rings (SSSR count). The highest BCUT2D eigenvalue weighted by atomic mass is 31.1. The fraction of sp³-hybridized carbons (Fsp3) is 0.188. The van der Waals surface area contributed by atoms with Crippen LogP contribution in [0.2, 0.25) is 0 Å². The van der Waals surface area contributed by atoms with Gasteiger partial charge in [-0.1, -0.05) is 113 Å². The van der Waals surface area contributed by atoms with Gasteiger partial charge in [-0.25, -0.2) is 0 Å². The van der Waals surface area contributed by atoms with Crippen LogP contribution in [-0.4, -0.2) is 28.4 Å². The average molecular weight is 955 g/mol. The average Bonchev–Trinajstić information content (AvgIpc) is 3.34. The molecule has 6 heteroatoms. The maximum Gasteiger partial charge on any atom is 0.119 e. The van der Waals surface area contributed by atoms with Crippen molar-refractivity contribution in [3.8, 4) is 89.8 Å². The Balaban J connectivity index is 1.50. The molecule has 0 aromatic heterocycles. The molecule has 0 radical (unpaired) electrons. The predicted molar refractivity (Wildman–Crippen MR) is 298 cm³/mol. The van der Waals surface area contributed by atoms with Crippen molar-refractivity contribution in [2.45, 2.75) is 55.4 Å². The maximum absolute atomic E-state index is 5.82. The van der Waals surface area contributed by atoms with E-state index in [0.717, 1.165) is 39.4 Å². The van der Waals surface area contributed by atoms with Gasteiger partial charge < -0.3 is 18.9 Å². The number of rotatable bonds is 12.